The first-order chi connectivity index (χ1) is 32.2. The topological polar surface area (TPSA) is 388 Å². The van der Waals surface area contributed by atoms with Crippen molar-refractivity contribution in [3.63, 3.8) is 0 Å². The third-order valence-corrected chi connectivity index (χ3v) is 12.5. The molecule has 1 aromatic heterocycles. The number of hydrogen-bond donors (Lipinski definition) is 12. The lowest BCUT2D eigenvalue weighted by Crippen LogP contribution is -2.62. The normalized spacial score (nSPS) is 21.5. The number of carboxylic acids is 1. The number of aromatic nitrogens is 2. The van der Waals surface area contributed by atoms with E-state index in [1.807, 2.05) is 0 Å². The number of carbonyl (C=O) groups is 10. The molecule has 26 heteroatoms. The molecule has 3 saturated heterocycles. The minimum Gasteiger partial charge on any atom is -0.480 e. The lowest BCUT2D eigenvalue weighted by molar-refractivity contribution is -0.150. The molecule has 0 bridgehead atoms. The van der Waals surface area contributed by atoms with E-state index < -0.39 is 139 Å². The van der Waals surface area contributed by atoms with Gasteiger partial charge >= 0.3 is 5.97 Å². The standard InChI is InChI=1S/C42H66N12O14/c1-5-21(2)32(49-40(65)34(23(4)57)50-37(62)28-10-6-12-52(28)30(58)16-43)39(64)51-33(22(3)56)38(63)45-18-31(59)53-13-7-9-27(53)36(61)47-25(15-24-17-44-20-46-24)35(60)48-26(19-55)41(66)54-14-8-11-29(54)42(67)68/h17,20-23,25-29,32-34,55-57H,5-16,18-19,43H2,1-4H3,(H,44,46)(H,45,63)(H,47,61)(H,48,60)(H,49,65)(H,50,62)(H,51,64)(H,67,68)/t21-,22+,23+,25-,26-,27-,28-,29-,32-,33-,34-/m0/s1. The van der Waals surface area contributed by atoms with E-state index in [1.165, 1.54) is 36.2 Å². The molecule has 0 saturated carbocycles. The van der Waals surface area contributed by atoms with E-state index in [9.17, 15) is 68.4 Å². The fourth-order valence-electron chi connectivity index (χ4n) is 8.45. The lowest BCUT2D eigenvalue weighted by Gasteiger charge is -2.31. The molecule has 0 unspecified atom stereocenters. The highest BCUT2D eigenvalue weighted by Gasteiger charge is 2.42. The minimum absolute atomic E-state index is 0.0807. The van der Waals surface area contributed by atoms with Crippen molar-refractivity contribution in [2.75, 3.05) is 39.3 Å². The summed E-state index contributed by atoms with van der Waals surface area (Å²) >= 11 is 0. The molecule has 0 aromatic carbocycles. The van der Waals surface area contributed by atoms with Gasteiger partial charge in [-0.2, -0.15) is 0 Å². The number of likely N-dealkylation sites (tertiary alicyclic amines) is 3. The zero-order valence-electron chi connectivity index (χ0n) is 38.6. The van der Waals surface area contributed by atoms with Gasteiger partial charge in [0.2, 0.25) is 53.2 Å². The molecule has 378 valence electrons. The van der Waals surface area contributed by atoms with Gasteiger partial charge in [-0.15, -0.1) is 0 Å². The van der Waals surface area contributed by atoms with Crippen molar-refractivity contribution in [2.45, 2.75) is 140 Å². The van der Waals surface area contributed by atoms with Crippen LogP contribution in [0.4, 0.5) is 0 Å². The summed E-state index contributed by atoms with van der Waals surface area (Å²) in [5.74, 6) is -9.01. The molecule has 3 aliphatic heterocycles. The first-order valence-electron chi connectivity index (χ1n) is 22.8. The van der Waals surface area contributed by atoms with Crippen molar-refractivity contribution in [3.8, 4) is 0 Å². The Morgan fingerprint density at radius 1 is 0.706 bits per heavy atom. The Kier molecular flexibility index (Phi) is 20.2. The first-order valence-corrected chi connectivity index (χ1v) is 22.8. The summed E-state index contributed by atoms with van der Waals surface area (Å²) < 4.78 is 0. The van der Waals surface area contributed by atoms with Gasteiger partial charge in [-0.25, -0.2) is 9.78 Å². The zero-order valence-corrected chi connectivity index (χ0v) is 38.6. The van der Waals surface area contributed by atoms with Crippen molar-refractivity contribution < 1.29 is 68.4 Å². The average Bonchev–Trinajstić information content (AvgIpc) is 4.16. The molecule has 4 heterocycles. The van der Waals surface area contributed by atoms with Crippen LogP contribution in [0, 0.1) is 5.92 Å². The van der Waals surface area contributed by atoms with E-state index in [0.717, 1.165) is 4.90 Å². The lowest BCUT2D eigenvalue weighted by atomic mass is 9.96. The third kappa shape index (κ3) is 13.9. The second kappa shape index (κ2) is 25.2. The number of carbonyl (C=O) groups excluding carboxylic acids is 9. The van der Waals surface area contributed by atoms with E-state index in [1.54, 1.807) is 13.8 Å². The summed E-state index contributed by atoms with van der Waals surface area (Å²) in [5, 5.41) is 55.5. The Bertz CT molecular complexity index is 1990. The highest BCUT2D eigenvalue weighted by atomic mass is 16.4. The SMILES string of the molecule is CC[C@H](C)[C@H](NC(=O)[C@@H](NC(=O)[C@@H]1CCCN1C(=O)CN)[C@@H](C)O)C(=O)N[C@H](C(=O)NCC(=O)N1CCC[C@H]1C(=O)N[C@@H](Cc1cnc[nH]1)C(=O)N[C@@H](CO)C(=O)N1CCC[C@H]1C(=O)O)[C@@H](C)O. The quantitative estimate of drug-likeness (QED) is 0.0486. The number of nitrogens with zero attached hydrogens (tertiary/aromatic N) is 4. The predicted octanol–water partition coefficient (Wildman–Crippen LogP) is -5.69. The second-order valence-electron chi connectivity index (χ2n) is 17.4. The van der Waals surface area contributed by atoms with Gasteiger partial charge < -0.3 is 77.7 Å². The first kappa shape index (κ1) is 54.4. The van der Waals surface area contributed by atoms with Crippen LogP contribution in [0.5, 0.6) is 0 Å². The highest BCUT2D eigenvalue weighted by molar-refractivity contribution is 5.98. The van der Waals surface area contributed by atoms with Gasteiger partial charge in [0, 0.05) is 37.9 Å². The van der Waals surface area contributed by atoms with Crippen LogP contribution >= 0.6 is 0 Å². The van der Waals surface area contributed by atoms with Crippen LogP contribution in [0.1, 0.15) is 78.3 Å². The molecular weight excluding hydrogens is 897 g/mol. The van der Waals surface area contributed by atoms with Crippen molar-refractivity contribution in [1.29, 1.82) is 0 Å². The van der Waals surface area contributed by atoms with E-state index >= 15 is 0 Å². The van der Waals surface area contributed by atoms with Gasteiger partial charge in [-0.3, -0.25) is 43.2 Å². The Labute approximate surface area is 392 Å². The third-order valence-electron chi connectivity index (χ3n) is 12.5. The van der Waals surface area contributed by atoms with Crippen molar-refractivity contribution in [2.24, 2.45) is 11.7 Å². The van der Waals surface area contributed by atoms with Crippen molar-refractivity contribution in [3.05, 3.63) is 18.2 Å². The number of aliphatic carboxylic acids is 1. The summed E-state index contributed by atoms with van der Waals surface area (Å²) in [7, 11) is 0. The largest absolute Gasteiger partial charge is 0.480 e. The van der Waals surface area contributed by atoms with Crippen molar-refractivity contribution in [1.82, 2.24) is 56.6 Å². The number of aliphatic hydroxyl groups is 3. The van der Waals surface area contributed by atoms with E-state index in [-0.39, 0.29) is 45.4 Å². The number of aliphatic hydroxyl groups excluding tert-OH is 3. The van der Waals surface area contributed by atoms with Gasteiger partial charge in [0.25, 0.3) is 0 Å². The molecule has 0 aliphatic carbocycles. The number of aromatic amines is 1. The number of imidazole rings is 1. The second-order valence-corrected chi connectivity index (χ2v) is 17.4. The summed E-state index contributed by atoms with van der Waals surface area (Å²) in [6.07, 6.45) is 1.88. The van der Waals surface area contributed by atoms with Crippen molar-refractivity contribution >= 4 is 59.1 Å². The number of nitrogens with two attached hydrogens (primary N) is 1. The maximum Gasteiger partial charge on any atom is 0.326 e. The Morgan fingerprint density at radius 3 is 1.76 bits per heavy atom. The predicted molar refractivity (Wildman–Crippen MR) is 236 cm³/mol. The van der Waals surface area contributed by atoms with Crippen LogP contribution < -0.4 is 37.6 Å². The minimum atomic E-state index is -1.66. The molecule has 9 amide bonds. The molecular formula is C42H66N12O14. The molecule has 26 nitrogen and oxygen atoms in total. The van der Waals surface area contributed by atoms with Gasteiger partial charge in [-0.05, 0) is 58.3 Å². The highest BCUT2D eigenvalue weighted by Crippen LogP contribution is 2.21. The average molecular weight is 963 g/mol. The summed E-state index contributed by atoms with van der Waals surface area (Å²) in [6.45, 7) is 4.40. The monoisotopic (exact) mass is 962 g/mol. The summed E-state index contributed by atoms with van der Waals surface area (Å²) in [4.78, 5) is 142. The summed E-state index contributed by atoms with van der Waals surface area (Å²) in [6, 6.07) is -10.6. The maximum absolute atomic E-state index is 13.8. The fourth-order valence-corrected chi connectivity index (χ4v) is 8.45. The van der Waals surface area contributed by atoms with E-state index in [0.29, 0.717) is 37.8 Å². The zero-order chi connectivity index (χ0) is 50.4. The van der Waals surface area contributed by atoms with Gasteiger partial charge in [0.15, 0.2) is 0 Å². The number of amides is 9. The molecule has 1 aromatic rings. The van der Waals surface area contributed by atoms with Crippen LogP contribution in [-0.4, -0.2) is 204 Å². The van der Waals surface area contributed by atoms with Crippen LogP contribution in [-0.2, 0) is 54.4 Å². The molecule has 3 fully saturated rings. The molecule has 13 N–H and O–H groups in total. The van der Waals surface area contributed by atoms with Crippen LogP contribution in [0.15, 0.2) is 12.5 Å². The number of carboxylic acid groups (broad SMARTS) is 1. The molecule has 11 atom stereocenters. The molecule has 4 rings (SSSR count). The Balaban J connectivity index is 1.39. The Hall–Kier alpha value is -6.25. The number of H-pyrrole nitrogens is 1. The number of rotatable bonds is 23. The Morgan fingerprint density at radius 2 is 1.24 bits per heavy atom. The number of hydrogen-bond acceptors (Lipinski definition) is 15. The number of nitrogens with one attached hydrogen (secondary N) is 7. The van der Waals surface area contributed by atoms with Gasteiger partial charge in [-0.1, -0.05) is 20.3 Å². The van der Waals surface area contributed by atoms with Crippen LogP contribution in [0.25, 0.3) is 0 Å². The van der Waals surface area contributed by atoms with Crippen LogP contribution in [0.3, 0.4) is 0 Å². The van der Waals surface area contributed by atoms with E-state index in [4.69, 9.17) is 5.73 Å². The summed E-state index contributed by atoms with van der Waals surface area (Å²) in [5.41, 5.74) is 5.89. The fraction of sp³-hybridized carbons (Fsp3) is 0.690. The molecule has 0 radical (unpaired) electrons. The maximum atomic E-state index is 13.8. The molecule has 68 heavy (non-hydrogen) atoms. The molecule has 3 aliphatic rings. The smallest absolute Gasteiger partial charge is 0.326 e. The molecule has 0 spiro atoms. The van der Waals surface area contributed by atoms with Gasteiger partial charge in [0.1, 0.15) is 48.3 Å². The van der Waals surface area contributed by atoms with E-state index in [2.05, 4.69) is 41.9 Å². The van der Waals surface area contributed by atoms with Crippen LogP contribution in [0.2, 0.25) is 0 Å². The van der Waals surface area contributed by atoms with Gasteiger partial charge in [0.05, 0.1) is 38.2 Å².